The molecule has 1 saturated heterocycles. The number of rotatable bonds is 9. The van der Waals surface area contributed by atoms with E-state index in [1.807, 2.05) is 30.5 Å². The Labute approximate surface area is 191 Å². The number of fused-ring (bicyclic) bond motifs is 1. The molecule has 0 saturated carbocycles. The number of carbonyl (C=O) groups excluding carboxylic acids is 3. The number of hydrogen-bond acceptors (Lipinski definition) is 5. The van der Waals surface area contributed by atoms with Crippen LogP contribution in [0.3, 0.4) is 0 Å². The predicted molar refractivity (Wildman–Crippen MR) is 122 cm³/mol. The maximum absolute atomic E-state index is 12.7. The lowest BCUT2D eigenvalue weighted by molar-refractivity contribution is -0.148. The van der Waals surface area contributed by atoms with Crippen molar-refractivity contribution in [2.24, 2.45) is 11.7 Å². The van der Waals surface area contributed by atoms with Gasteiger partial charge >= 0.3 is 5.97 Å². The lowest BCUT2D eigenvalue weighted by Crippen LogP contribution is -2.55. The van der Waals surface area contributed by atoms with Crippen LogP contribution in [0.5, 0.6) is 0 Å². The number of carboxylic acid groups (broad SMARTS) is 1. The van der Waals surface area contributed by atoms with Crippen LogP contribution in [0, 0.1) is 5.92 Å². The number of amides is 3. The lowest BCUT2D eigenvalue weighted by atomic mass is 10.0. The molecule has 3 rings (SSSR count). The largest absolute Gasteiger partial charge is 0.480 e. The number of aliphatic carboxylic acids is 1. The molecule has 33 heavy (non-hydrogen) atoms. The fourth-order valence-electron chi connectivity index (χ4n) is 4.12. The number of nitrogens with one attached hydrogen (secondary N) is 3. The summed E-state index contributed by atoms with van der Waals surface area (Å²) in [7, 11) is 0. The first-order chi connectivity index (χ1) is 15.7. The average Bonchev–Trinajstić information content (AvgIpc) is 3.43. The van der Waals surface area contributed by atoms with Crippen LogP contribution in [-0.2, 0) is 25.6 Å². The molecule has 2 aromatic rings. The summed E-state index contributed by atoms with van der Waals surface area (Å²) in [6, 6.07) is 5.10. The molecule has 1 aromatic heterocycles. The van der Waals surface area contributed by atoms with Gasteiger partial charge in [0.1, 0.15) is 12.1 Å². The van der Waals surface area contributed by atoms with Crippen molar-refractivity contribution in [2.45, 2.75) is 51.2 Å². The van der Waals surface area contributed by atoms with Crippen LogP contribution in [0.2, 0.25) is 0 Å². The van der Waals surface area contributed by atoms with Gasteiger partial charge in [0.2, 0.25) is 17.7 Å². The lowest BCUT2D eigenvalue weighted by Gasteiger charge is -2.25. The van der Waals surface area contributed by atoms with Crippen LogP contribution in [0.15, 0.2) is 30.5 Å². The van der Waals surface area contributed by atoms with Crippen molar-refractivity contribution in [1.82, 2.24) is 20.5 Å². The molecule has 2 heterocycles. The number of H-pyrrole nitrogens is 1. The highest BCUT2D eigenvalue weighted by atomic mass is 16.4. The third-order valence-electron chi connectivity index (χ3n) is 5.97. The Morgan fingerprint density at radius 1 is 1.21 bits per heavy atom. The van der Waals surface area contributed by atoms with E-state index < -0.39 is 41.8 Å². The van der Waals surface area contributed by atoms with Gasteiger partial charge in [0.15, 0.2) is 0 Å². The second-order valence-electron chi connectivity index (χ2n) is 8.70. The minimum absolute atomic E-state index is 0.247. The quantitative estimate of drug-likeness (QED) is 0.366. The number of para-hydroxylation sites is 1. The van der Waals surface area contributed by atoms with Crippen LogP contribution in [0.1, 0.15) is 32.3 Å². The molecular formula is C23H31N5O5. The second kappa shape index (κ2) is 10.5. The molecule has 3 unspecified atom stereocenters. The molecule has 1 aliphatic rings. The van der Waals surface area contributed by atoms with Gasteiger partial charge in [-0.25, -0.2) is 4.79 Å². The molecule has 3 amide bonds. The molecule has 0 aliphatic carbocycles. The Bertz CT molecular complexity index is 1030. The van der Waals surface area contributed by atoms with Crippen molar-refractivity contribution < 1.29 is 24.3 Å². The molecular weight excluding hydrogens is 426 g/mol. The smallest absolute Gasteiger partial charge is 0.326 e. The predicted octanol–water partition coefficient (Wildman–Crippen LogP) is 0.370. The number of hydrogen-bond donors (Lipinski definition) is 5. The first-order valence-electron chi connectivity index (χ1n) is 11.1. The minimum Gasteiger partial charge on any atom is -0.480 e. The van der Waals surface area contributed by atoms with Crippen molar-refractivity contribution >= 4 is 34.6 Å². The van der Waals surface area contributed by atoms with E-state index in [1.165, 1.54) is 4.90 Å². The molecule has 1 aliphatic heterocycles. The highest BCUT2D eigenvalue weighted by Crippen LogP contribution is 2.19. The summed E-state index contributed by atoms with van der Waals surface area (Å²) < 4.78 is 0. The molecule has 3 atom stereocenters. The van der Waals surface area contributed by atoms with Gasteiger partial charge in [0.25, 0.3) is 0 Å². The average molecular weight is 458 g/mol. The van der Waals surface area contributed by atoms with Gasteiger partial charge in [0.05, 0.1) is 12.6 Å². The number of carboxylic acids is 1. The van der Waals surface area contributed by atoms with Gasteiger partial charge in [-0.2, -0.15) is 0 Å². The number of carbonyl (C=O) groups is 4. The molecule has 178 valence electrons. The number of nitrogens with zero attached hydrogens (tertiary/aromatic N) is 1. The third kappa shape index (κ3) is 5.70. The van der Waals surface area contributed by atoms with Crippen LogP contribution < -0.4 is 16.4 Å². The van der Waals surface area contributed by atoms with E-state index in [0.717, 1.165) is 16.5 Å². The van der Waals surface area contributed by atoms with Gasteiger partial charge < -0.3 is 31.4 Å². The van der Waals surface area contributed by atoms with E-state index in [0.29, 0.717) is 25.8 Å². The molecule has 1 fully saturated rings. The van der Waals surface area contributed by atoms with E-state index in [-0.39, 0.29) is 12.5 Å². The maximum atomic E-state index is 12.7. The van der Waals surface area contributed by atoms with E-state index in [9.17, 15) is 24.3 Å². The molecule has 0 spiro atoms. The highest BCUT2D eigenvalue weighted by molar-refractivity contribution is 5.93. The van der Waals surface area contributed by atoms with Gasteiger partial charge in [-0.1, -0.05) is 32.0 Å². The number of benzene rings is 1. The van der Waals surface area contributed by atoms with Crippen LogP contribution in [0.25, 0.3) is 10.9 Å². The first-order valence-corrected chi connectivity index (χ1v) is 11.1. The van der Waals surface area contributed by atoms with Gasteiger partial charge in [-0.15, -0.1) is 0 Å². The summed E-state index contributed by atoms with van der Waals surface area (Å²) in [6.45, 7) is 3.57. The summed E-state index contributed by atoms with van der Waals surface area (Å²) in [5.41, 5.74) is 7.98. The summed E-state index contributed by atoms with van der Waals surface area (Å²) in [5.74, 6) is -2.74. The van der Waals surface area contributed by atoms with Crippen molar-refractivity contribution in [3.05, 3.63) is 36.0 Å². The fraction of sp³-hybridized carbons (Fsp3) is 0.478. The monoisotopic (exact) mass is 457 g/mol. The van der Waals surface area contributed by atoms with Gasteiger partial charge in [0, 0.05) is 23.6 Å². The van der Waals surface area contributed by atoms with Crippen molar-refractivity contribution in [2.75, 3.05) is 13.1 Å². The topological polar surface area (TPSA) is 158 Å². The van der Waals surface area contributed by atoms with E-state index in [4.69, 9.17) is 5.73 Å². The number of aromatic nitrogens is 1. The van der Waals surface area contributed by atoms with Crippen LogP contribution in [-0.4, -0.2) is 69.9 Å². The normalized spacial score (nSPS) is 17.7. The SMILES string of the molecule is CC(C)C(NC(=O)C(N)Cc1c[nH]c2ccccc12)C(=O)NCC(=O)N1CCCC1C(=O)O. The Hall–Kier alpha value is -3.40. The molecule has 10 heteroatoms. The number of aromatic amines is 1. The highest BCUT2D eigenvalue weighted by Gasteiger charge is 2.34. The van der Waals surface area contributed by atoms with Crippen LogP contribution >= 0.6 is 0 Å². The zero-order valence-electron chi connectivity index (χ0n) is 18.8. The Kier molecular flexibility index (Phi) is 7.70. The number of likely N-dealkylation sites (tertiary alicyclic amines) is 1. The van der Waals surface area contributed by atoms with E-state index >= 15 is 0 Å². The summed E-state index contributed by atoms with van der Waals surface area (Å²) >= 11 is 0. The summed E-state index contributed by atoms with van der Waals surface area (Å²) in [6.07, 6.45) is 3.12. The fourth-order valence-corrected chi connectivity index (χ4v) is 4.12. The standard InChI is InChI=1S/C23H31N5O5/c1-13(2)20(22(31)26-12-19(29)28-9-5-8-18(28)23(32)33)27-21(30)16(24)10-14-11-25-17-7-4-3-6-15(14)17/h3-4,6-7,11,13,16,18,20,25H,5,8-10,12,24H2,1-2H3,(H,26,31)(H,27,30)(H,32,33). The Balaban J connectivity index is 1.56. The molecule has 6 N–H and O–H groups in total. The van der Waals surface area contributed by atoms with Crippen LogP contribution in [0.4, 0.5) is 0 Å². The maximum Gasteiger partial charge on any atom is 0.326 e. The van der Waals surface area contributed by atoms with Crippen molar-refractivity contribution in [1.29, 1.82) is 0 Å². The Morgan fingerprint density at radius 3 is 2.64 bits per heavy atom. The Morgan fingerprint density at radius 2 is 1.94 bits per heavy atom. The van der Waals surface area contributed by atoms with E-state index in [2.05, 4.69) is 15.6 Å². The van der Waals surface area contributed by atoms with Gasteiger partial charge in [-0.3, -0.25) is 14.4 Å². The first kappa shape index (κ1) is 24.2. The molecule has 0 radical (unpaired) electrons. The summed E-state index contributed by atoms with van der Waals surface area (Å²) in [5, 5.41) is 15.4. The zero-order chi connectivity index (χ0) is 24.1. The van der Waals surface area contributed by atoms with Crippen molar-refractivity contribution in [3.63, 3.8) is 0 Å². The minimum atomic E-state index is -1.05. The third-order valence-corrected chi connectivity index (χ3v) is 5.97. The summed E-state index contributed by atoms with van der Waals surface area (Å²) in [4.78, 5) is 53.5. The van der Waals surface area contributed by atoms with E-state index in [1.54, 1.807) is 13.8 Å². The zero-order valence-corrected chi connectivity index (χ0v) is 18.8. The van der Waals surface area contributed by atoms with Crippen molar-refractivity contribution in [3.8, 4) is 0 Å². The molecule has 1 aromatic carbocycles. The second-order valence-corrected chi connectivity index (χ2v) is 8.70. The van der Waals surface area contributed by atoms with Gasteiger partial charge in [-0.05, 0) is 36.8 Å². The molecule has 0 bridgehead atoms. The number of nitrogens with two attached hydrogens (primary N) is 1. The molecule has 10 nitrogen and oxygen atoms in total.